The predicted molar refractivity (Wildman–Crippen MR) is 83.7 cm³/mol. The first-order valence-corrected chi connectivity index (χ1v) is 7.57. The molecule has 110 valence electrons. The molecule has 0 amide bonds. The van der Waals surface area contributed by atoms with Gasteiger partial charge in [-0.05, 0) is 40.2 Å². The zero-order valence-electron chi connectivity index (χ0n) is 12.8. The fourth-order valence-electron chi connectivity index (χ4n) is 2.61. The highest BCUT2D eigenvalue weighted by atomic mass is 15.2. The molecule has 2 N–H and O–H groups in total. The van der Waals surface area contributed by atoms with Gasteiger partial charge < -0.3 is 10.6 Å². The molecular weight excluding hydrogens is 236 g/mol. The van der Waals surface area contributed by atoms with E-state index in [2.05, 4.69) is 47.9 Å². The van der Waals surface area contributed by atoms with Crippen LogP contribution in [-0.2, 0) is 0 Å². The molecule has 4 heteroatoms. The molecule has 19 heavy (non-hydrogen) atoms. The molecule has 0 aromatic heterocycles. The van der Waals surface area contributed by atoms with Crippen molar-refractivity contribution in [1.82, 2.24) is 15.5 Å². The summed E-state index contributed by atoms with van der Waals surface area (Å²) < 4.78 is 0. The van der Waals surface area contributed by atoms with Gasteiger partial charge in [0.15, 0.2) is 5.96 Å². The topological polar surface area (TPSA) is 39.7 Å². The highest BCUT2D eigenvalue weighted by Crippen LogP contribution is 2.18. The largest absolute Gasteiger partial charge is 0.357 e. The Morgan fingerprint density at radius 3 is 2.89 bits per heavy atom. The van der Waals surface area contributed by atoms with E-state index in [0.29, 0.717) is 12.1 Å². The van der Waals surface area contributed by atoms with E-state index in [1.165, 1.54) is 25.8 Å². The lowest BCUT2D eigenvalue weighted by atomic mass is 10.0. The van der Waals surface area contributed by atoms with Crippen LogP contribution in [0.1, 0.15) is 40.0 Å². The van der Waals surface area contributed by atoms with Crippen LogP contribution in [0.15, 0.2) is 17.6 Å². The molecule has 1 aliphatic rings. The Hall–Kier alpha value is -1.03. The number of rotatable bonds is 6. The maximum absolute atomic E-state index is 4.67. The van der Waals surface area contributed by atoms with E-state index >= 15 is 0 Å². The average Bonchev–Trinajstić information content (AvgIpc) is 2.42. The Morgan fingerprint density at radius 2 is 2.26 bits per heavy atom. The Morgan fingerprint density at radius 1 is 1.47 bits per heavy atom. The van der Waals surface area contributed by atoms with E-state index < -0.39 is 0 Å². The van der Waals surface area contributed by atoms with E-state index in [9.17, 15) is 0 Å². The van der Waals surface area contributed by atoms with Gasteiger partial charge in [0.05, 0.1) is 6.54 Å². The highest BCUT2D eigenvalue weighted by molar-refractivity contribution is 5.79. The maximum atomic E-state index is 4.67. The molecule has 0 aliphatic carbocycles. The van der Waals surface area contributed by atoms with E-state index in [-0.39, 0.29) is 0 Å². The molecule has 2 atom stereocenters. The number of hydrogen-bond acceptors (Lipinski definition) is 2. The van der Waals surface area contributed by atoms with Gasteiger partial charge in [0.2, 0.25) is 0 Å². The molecule has 4 nitrogen and oxygen atoms in total. The molecule has 0 aromatic rings. The quantitative estimate of drug-likeness (QED) is 0.439. The van der Waals surface area contributed by atoms with Crippen LogP contribution in [0.25, 0.3) is 0 Å². The van der Waals surface area contributed by atoms with Crippen molar-refractivity contribution in [3.8, 4) is 0 Å². The molecule has 1 heterocycles. The van der Waals surface area contributed by atoms with E-state index in [1.54, 1.807) is 0 Å². The third-order valence-corrected chi connectivity index (χ3v) is 3.69. The van der Waals surface area contributed by atoms with Gasteiger partial charge in [-0.25, -0.2) is 0 Å². The minimum atomic E-state index is 0.509. The molecule has 0 bridgehead atoms. The standard InChI is InChI=1S/C15H30N4/c1-5-10-17-15(16-6-2)18-12-14(4)19-11-8-7-9-13(19)3/h5,13-14H,1,6-12H2,2-4H3,(H2,16,17,18). The summed E-state index contributed by atoms with van der Waals surface area (Å²) in [6.07, 6.45) is 5.87. The third kappa shape index (κ3) is 5.64. The smallest absolute Gasteiger partial charge is 0.191 e. The lowest BCUT2D eigenvalue weighted by molar-refractivity contribution is 0.118. The molecule has 2 unspecified atom stereocenters. The first-order chi connectivity index (χ1) is 9.19. The van der Waals surface area contributed by atoms with Crippen molar-refractivity contribution < 1.29 is 0 Å². The zero-order valence-corrected chi connectivity index (χ0v) is 12.8. The summed E-state index contributed by atoms with van der Waals surface area (Å²) in [6.45, 7) is 14.1. The van der Waals surface area contributed by atoms with Crippen LogP contribution in [0.4, 0.5) is 0 Å². The molecule has 0 aromatic carbocycles. The lowest BCUT2D eigenvalue weighted by Gasteiger charge is -2.37. The Labute approximate surface area is 118 Å². The minimum Gasteiger partial charge on any atom is -0.357 e. The van der Waals surface area contributed by atoms with Gasteiger partial charge in [0.1, 0.15) is 0 Å². The number of hydrogen-bond donors (Lipinski definition) is 2. The van der Waals surface area contributed by atoms with Crippen LogP contribution < -0.4 is 10.6 Å². The van der Waals surface area contributed by atoms with Crippen molar-refractivity contribution in [3.63, 3.8) is 0 Å². The summed E-state index contributed by atoms with van der Waals surface area (Å²) in [4.78, 5) is 7.25. The number of guanidine groups is 1. The molecule has 0 radical (unpaired) electrons. The predicted octanol–water partition coefficient (Wildman–Crippen LogP) is 1.99. The monoisotopic (exact) mass is 266 g/mol. The summed E-state index contributed by atoms with van der Waals surface area (Å²) >= 11 is 0. The van der Waals surface area contributed by atoms with Crippen molar-refractivity contribution in [2.75, 3.05) is 26.2 Å². The van der Waals surface area contributed by atoms with Gasteiger partial charge in [-0.2, -0.15) is 0 Å². The second kappa shape index (κ2) is 8.97. The van der Waals surface area contributed by atoms with E-state index in [0.717, 1.165) is 25.6 Å². The van der Waals surface area contributed by atoms with Crippen LogP contribution in [0.3, 0.4) is 0 Å². The van der Waals surface area contributed by atoms with Gasteiger partial charge in [-0.15, -0.1) is 6.58 Å². The molecule has 0 saturated carbocycles. The van der Waals surface area contributed by atoms with Crippen LogP contribution in [0.5, 0.6) is 0 Å². The van der Waals surface area contributed by atoms with Crippen LogP contribution in [0, 0.1) is 0 Å². The van der Waals surface area contributed by atoms with E-state index in [1.807, 2.05) is 6.08 Å². The number of nitrogens with zero attached hydrogens (tertiary/aromatic N) is 2. The number of piperidine rings is 1. The zero-order chi connectivity index (χ0) is 14.1. The molecule has 1 saturated heterocycles. The third-order valence-electron chi connectivity index (χ3n) is 3.69. The van der Waals surface area contributed by atoms with Crippen molar-refractivity contribution in [3.05, 3.63) is 12.7 Å². The Bertz CT molecular complexity index is 288. The molecule has 1 aliphatic heterocycles. The maximum Gasteiger partial charge on any atom is 0.191 e. The summed E-state index contributed by atoms with van der Waals surface area (Å²) in [6, 6.07) is 1.21. The first-order valence-electron chi connectivity index (χ1n) is 7.57. The SMILES string of the molecule is C=CCNC(=NCC(C)N1CCCCC1C)NCC. The van der Waals surface area contributed by atoms with Gasteiger partial charge >= 0.3 is 0 Å². The van der Waals surface area contributed by atoms with Gasteiger partial charge in [-0.3, -0.25) is 9.89 Å². The van der Waals surface area contributed by atoms with Crippen molar-refractivity contribution in [1.29, 1.82) is 0 Å². The summed E-state index contributed by atoms with van der Waals surface area (Å²) in [7, 11) is 0. The number of aliphatic imine (C=N–C) groups is 1. The Balaban J connectivity index is 2.47. The number of nitrogens with one attached hydrogen (secondary N) is 2. The summed E-state index contributed by atoms with van der Waals surface area (Å²) in [5, 5.41) is 6.50. The summed E-state index contributed by atoms with van der Waals surface area (Å²) in [5.74, 6) is 0.888. The molecule has 0 spiro atoms. The highest BCUT2D eigenvalue weighted by Gasteiger charge is 2.22. The van der Waals surface area contributed by atoms with Crippen molar-refractivity contribution in [2.24, 2.45) is 4.99 Å². The minimum absolute atomic E-state index is 0.509. The second-order valence-corrected chi connectivity index (χ2v) is 5.32. The number of likely N-dealkylation sites (tertiary alicyclic amines) is 1. The first kappa shape index (κ1) is 16.0. The normalized spacial score (nSPS) is 22.9. The van der Waals surface area contributed by atoms with Gasteiger partial charge in [-0.1, -0.05) is 12.5 Å². The molecule has 1 fully saturated rings. The van der Waals surface area contributed by atoms with Gasteiger partial charge in [0, 0.05) is 25.2 Å². The van der Waals surface area contributed by atoms with Crippen molar-refractivity contribution in [2.45, 2.75) is 52.1 Å². The summed E-state index contributed by atoms with van der Waals surface area (Å²) in [5.41, 5.74) is 0. The van der Waals surface area contributed by atoms with Crippen LogP contribution >= 0.6 is 0 Å². The Kier molecular flexibility index (Phi) is 7.56. The van der Waals surface area contributed by atoms with Gasteiger partial charge in [0.25, 0.3) is 0 Å². The van der Waals surface area contributed by atoms with Crippen LogP contribution in [-0.4, -0.2) is 49.1 Å². The van der Waals surface area contributed by atoms with Crippen molar-refractivity contribution >= 4 is 5.96 Å². The fraction of sp³-hybridized carbons (Fsp3) is 0.800. The fourth-order valence-corrected chi connectivity index (χ4v) is 2.61. The van der Waals surface area contributed by atoms with E-state index in [4.69, 9.17) is 0 Å². The lowest BCUT2D eigenvalue weighted by Crippen LogP contribution is -2.45. The second-order valence-electron chi connectivity index (χ2n) is 5.32. The van der Waals surface area contributed by atoms with Crippen LogP contribution in [0.2, 0.25) is 0 Å². The molecule has 1 rings (SSSR count). The average molecular weight is 266 g/mol. The molecular formula is C15H30N4.